The van der Waals surface area contributed by atoms with E-state index in [1.54, 1.807) is 6.07 Å². The lowest BCUT2D eigenvalue weighted by molar-refractivity contribution is -0.137. The minimum absolute atomic E-state index is 0.130. The van der Waals surface area contributed by atoms with Crippen LogP contribution in [-0.4, -0.2) is 30.1 Å². The van der Waals surface area contributed by atoms with E-state index in [2.05, 4.69) is 24.5 Å². The van der Waals surface area contributed by atoms with Crippen molar-refractivity contribution in [1.29, 1.82) is 5.26 Å². The van der Waals surface area contributed by atoms with Crippen LogP contribution in [0.2, 0.25) is 0 Å². The Morgan fingerprint density at radius 2 is 2.12 bits per heavy atom. The number of hydrogen-bond donors (Lipinski definition) is 3. The molecule has 0 aliphatic rings. The van der Waals surface area contributed by atoms with E-state index < -0.39 is 18.4 Å². The van der Waals surface area contributed by atoms with E-state index in [0.717, 1.165) is 6.42 Å². The maximum Gasteiger partial charge on any atom is 0.322 e. The average molecular weight is 239 g/mol. The predicted octanol–water partition coefficient (Wildman–Crippen LogP) is 0.230. The van der Waals surface area contributed by atoms with Crippen LogP contribution in [0.15, 0.2) is 11.8 Å². The van der Waals surface area contributed by atoms with E-state index in [9.17, 15) is 9.59 Å². The van der Waals surface area contributed by atoms with Gasteiger partial charge in [-0.1, -0.05) is 13.8 Å². The van der Waals surface area contributed by atoms with E-state index >= 15 is 0 Å². The van der Waals surface area contributed by atoms with Crippen molar-refractivity contribution < 1.29 is 14.7 Å². The van der Waals surface area contributed by atoms with E-state index in [4.69, 9.17) is 10.4 Å². The van der Waals surface area contributed by atoms with Crippen molar-refractivity contribution in [3.8, 4) is 6.07 Å². The Kier molecular flexibility index (Phi) is 7.19. The Labute approximate surface area is 100 Å². The van der Waals surface area contributed by atoms with Gasteiger partial charge in [-0.3, -0.25) is 9.59 Å². The number of carboxylic acid groups (broad SMARTS) is 1. The fourth-order valence-corrected chi connectivity index (χ4v) is 0.946. The van der Waals surface area contributed by atoms with Crippen molar-refractivity contribution in [1.82, 2.24) is 10.6 Å². The lowest BCUT2D eigenvalue weighted by Gasteiger charge is -2.05. The molecule has 3 N–H and O–H groups in total. The normalized spacial score (nSPS) is 10.8. The summed E-state index contributed by atoms with van der Waals surface area (Å²) in [5, 5.41) is 22.0. The summed E-state index contributed by atoms with van der Waals surface area (Å²) in [7, 11) is 0. The maximum absolute atomic E-state index is 11.3. The van der Waals surface area contributed by atoms with E-state index in [-0.39, 0.29) is 5.57 Å². The summed E-state index contributed by atoms with van der Waals surface area (Å²) in [6.45, 7) is 4.30. The second kappa shape index (κ2) is 8.16. The summed E-state index contributed by atoms with van der Waals surface area (Å²) in [6, 6.07) is 1.71. The first-order valence-electron chi connectivity index (χ1n) is 5.31. The van der Waals surface area contributed by atoms with Gasteiger partial charge in [0, 0.05) is 12.7 Å². The summed E-state index contributed by atoms with van der Waals surface area (Å²) in [4.78, 5) is 21.5. The van der Waals surface area contributed by atoms with Gasteiger partial charge >= 0.3 is 5.97 Å². The lowest BCUT2D eigenvalue weighted by Crippen LogP contribution is -2.30. The molecule has 0 heterocycles. The Balaban J connectivity index is 4.13. The third-order valence-electron chi connectivity index (χ3n) is 1.88. The molecule has 1 amide bonds. The van der Waals surface area contributed by atoms with Gasteiger partial charge in [0.1, 0.15) is 18.2 Å². The van der Waals surface area contributed by atoms with Gasteiger partial charge in [-0.2, -0.15) is 5.26 Å². The average Bonchev–Trinajstić information content (AvgIpc) is 2.25. The van der Waals surface area contributed by atoms with Crippen molar-refractivity contribution in [2.45, 2.75) is 20.3 Å². The number of nitrogens with one attached hydrogen (secondary N) is 2. The van der Waals surface area contributed by atoms with Crippen LogP contribution < -0.4 is 10.6 Å². The monoisotopic (exact) mass is 239 g/mol. The van der Waals surface area contributed by atoms with Crippen molar-refractivity contribution in [3.05, 3.63) is 11.8 Å². The molecule has 0 saturated heterocycles. The smallest absolute Gasteiger partial charge is 0.322 e. The Bertz CT molecular complexity index is 342. The molecule has 0 aromatic heterocycles. The number of carbonyl (C=O) groups is 2. The minimum atomic E-state index is -1.15. The van der Waals surface area contributed by atoms with E-state index in [1.807, 2.05) is 0 Å². The summed E-state index contributed by atoms with van der Waals surface area (Å²) in [5.74, 6) is -1.31. The first-order valence-corrected chi connectivity index (χ1v) is 5.31. The number of carbonyl (C=O) groups excluding carboxylic acids is 1. The summed E-state index contributed by atoms with van der Waals surface area (Å²) in [6.07, 6.45) is 2.23. The van der Waals surface area contributed by atoms with Crippen molar-refractivity contribution in [2.24, 2.45) is 5.92 Å². The molecule has 0 aromatic rings. The van der Waals surface area contributed by atoms with Gasteiger partial charge in [0.15, 0.2) is 0 Å². The molecular weight excluding hydrogens is 222 g/mol. The van der Waals surface area contributed by atoms with Crippen molar-refractivity contribution >= 4 is 11.9 Å². The zero-order valence-electron chi connectivity index (χ0n) is 9.99. The van der Waals surface area contributed by atoms with Gasteiger partial charge in [0.05, 0.1) is 0 Å². The highest BCUT2D eigenvalue weighted by Crippen LogP contribution is 1.97. The fourth-order valence-electron chi connectivity index (χ4n) is 0.946. The Morgan fingerprint density at radius 3 is 2.59 bits per heavy atom. The van der Waals surface area contributed by atoms with Crippen LogP contribution in [0, 0.1) is 17.2 Å². The molecule has 17 heavy (non-hydrogen) atoms. The highest BCUT2D eigenvalue weighted by molar-refractivity contribution is 5.98. The molecule has 94 valence electrons. The van der Waals surface area contributed by atoms with Crippen LogP contribution in [0.25, 0.3) is 0 Å². The predicted molar refractivity (Wildman–Crippen MR) is 61.8 cm³/mol. The van der Waals surface area contributed by atoms with Crippen LogP contribution in [0.5, 0.6) is 0 Å². The third kappa shape index (κ3) is 7.85. The molecule has 0 aliphatic heterocycles. The molecule has 0 radical (unpaired) electrons. The summed E-state index contributed by atoms with van der Waals surface area (Å²) >= 11 is 0. The van der Waals surface area contributed by atoms with Crippen LogP contribution in [0.4, 0.5) is 0 Å². The van der Waals surface area contributed by atoms with Gasteiger partial charge < -0.3 is 15.7 Å². The van der Waals surface area contributed by atoms with Crippen LogP contribution >= 0.6 is 0 Å². The Morgan fingerprint density at radius 1 is 1.47 bits per heavy atom. The van der Waals surface area contributed by atoms with Crippen LogP contribution in [0.1, 0.15) is 20.3 Å². The molecule has 0 unspecified atom stereocenters. The molecule has 6 nitrogen and oxygen atoms in total. The molecule has 0 fully saturated rings. The van der Waals surface area contributed by atoms with E-state index in [0.29, 0.717) is 12.5 Å². The number of hydrogen-bond acceptors (Lipinski definition) is 4. The number of amides is 1. The second-order valence-corrected chi connectivity index (χ2v) is 3.88. The van der Waals surface area contributed by atoms with Crippen molar-refractivity contribution in [2.75, 3.05) is 13.1 Å². The molecule has 0 bridgehead atoms. The quantitative estimate of drug-likeness (QED) is 0.335. The van der Waals surface area contributed by atoms with Gasteiger partial charge in [0.2, 0.25) is 0 Å². The highest BCUT2D eigenvalue weighted by atomic mass is 16.4. The summed E-state index contributed by atoms with van der Waals surface area (Å²) < 4.78 is 0. The van der Waals surface area contributed by atoms with E-state index in [1.165, 1.54) is 6.20 Å². The first-order chi connectivity index (χ1) is 7.97. The van der Waals surface area contributed by atoms with Crippen LogP contribution in [0.3, 0.4) is 0 Å². The van der Waals surface area contributed by atoms with Gasteiger partial charge in [-0.25, -0.2) is 0 Å². The molecule has 0 aromatic carbocycles. The zero-order chi connectivity index (χ0) is 13.3. The molecule has 0 spiro atoms. The molecule has 0 aliphatic carbocycles. The zero-order valence-corrected chi connectivity index (χ0v) is 9.99. The fraction of sp³-hybridized carbons (Fsp3) is 0.545. The molecule has 6 heteroatoms. The van der Waals surface area contributed by atoms with Gasteiger partial charge in [0.25, 0.3) is 5.91 Å². The Hall–Kier alpha value is -2.03. The molecule has 0 saturated carbocycles. The first kappa shape index (κ1) is 15.0. The topological polar surface area (TPSA) is 102 Å². The standard InChI is InChI=1S/C11H17N3O3/c1-8(2)3-4-13-6-9(5-12)11(17)14-7-10(15)16/h6,8,13H,3-4,7H2,1-2H3,(H,14,17)(H,15,16)/b9-6-. The SMILES string of the molecule is CC(C)CCN/C=C(/C#N)C(=O)NCC(=O)O. The third-order valence-corrected chi connectivity index (χ3v) is 1.88. The summed E-state index contributed by atoms with van der Waals surface area (Å²) in [5.41, 5.74) is -0.130. The maximum atomic E-state index is 11.3. The van der Waals surface area contributed by atoms with Crippen LogP contribution in [-0.2, 0) is 9.59 Å². The second-order valence-electron chi connectivity index (χ2n) is 3.88. The number of rotatable bonds is 7. The molecular formula is C11H17N3O3. The largest absolute Gasteiger partial charge is 0.480 e. The number of aliphatic carboxylic acids is 1. The number of nitriles is 1. The van der Waals surface area contributed by atoms with Gasteiger partial charge in [-0.15, -0.1) is 0 Å². The lowest BCUT2D eigenvalue weighted by atomic mass is 10.1. The molecule has 0 rings (SSSR count). The highest BCUT2D eigenvalue weighted by Gasteiger charge is 2.09. The molecule has 0 atom stereocenters. The van der Waals surface area contributed by atoms with Crippen molar-refractivity contribution in [3.63, 3.8) is 0 Å². The number of nitrogens with zero attached hydrogens (tertiary/aromatic N) is 1. The number of carboxylic acids is 1. The minimum Gasteiger partial charge on any atom is -0.480 e. The van der Waals surface area contributed by atoms with Gasteiger partial charge in [-0.05, 0) is 12.3 Å².